The van der Waals surface area contributed by atoms with Gasteiger partial charge in [0.2, 0.25) is 0 Å². The van der Waals surface area contributed by atoms with Crippen molar-refractivity contribution >= 4 is 17.3 Å². The van der Waals surface area contributed by atoms with Crippen molar-refractivity contribution in [3.63, 3.8) is 0 Å². The predicted molar refractivity (Wildman–Crippen MR) is 66.6 cm³/mol. The maximum Gasteiger partial charge on any atom is 0.166 e. The number of rotatable bonds is 3. The molecule has 0 spiro atoms. The molecule has 0 aliphatic heterocycles. The Morgan fingerprint density at radius 3 is 2.50 bits per heavy atom. The molecule has 0 unspecified atom stereocenters. The molecule has 94 valence electrons. The Bertz CT molecular complexity index is 575. The number of hydrogen-bond acceptors (Lipinski definition) is 2. The molecule has 2 aromatic carbocycles. The summed E-state index contributed by atoms with van der Waals surface area (Å²) >= 11 is 5.61. The van der Waals surface area contributed by atoms with Gasteiger partial charge in [0.05, 0.1) is 5.69 Å². The van der Waals surface area contributed by atoms with Gasteiger partial charge in [-0.2, -0.15) is 0 Å². The Labute approximate surface area is 108 Å². The molecule has 2 aromatic rings. The fourth-order valence-electron chi connectivity index (χ4n) is 1.41. The number of benzene rings is 2. The van der Waals surface area contributed by atoms with Crippen LogP contribution in [-0.2, 0) is 6.61 Å². The molecule has 0 fully saturated rings. The van der Waals surface area contributed by atoms with Gasteiger partial charge in [0.15, 0.2) is 11.6 Å². The largest absolute Gasteiger partial charge is 0.486 e. The summed E-state index contributed by atoms with van der Waals surface area (Å²) in [5, 5.41) is 0.290. The summed E-state index contributed by atoms with van der Waals surface area (Å²) in [6.07, 6.45) is 0. The summed E-state index contributed by atoms with van der Waals surface area (Å²) in [7, 11) is 0. The van der Waals surface area contributed by atoms with Crippen LogP contribution in [0.4, 0.5) is 14.5 Å². The number of hydrogen-bond donors (Lipinski definition) is 1. The van der Waals surface area contributed by atoms with Gasteiger partial charge in [-0.3, -0.25) is 0 Å². The van der Waals surface area contributed by atoms with Gasteiger partial charge in [-0.05, 0) is 35.9 Å². The number of halogens is 3. The van der Waals surface area contributed by atoms with E-state index in [2.05, 4.69) is 0 Å². The van der Waals surface area contributed by atoms with E-state index in [1.165, 1.54) is 24.3 Å². The van der Waals surface area contributed by atoms with Crippen LogP contribution in [0, 0.1) is 11.6 Å². The number of nitrogens with two attached hydrogens (primary N) is 1. The lowest BCUT2D eigenvalue weighted by atomic mass is 10.2. The van der Waals surface area contributed by atoms with E-state index < -0.39 is 11.6 Å². The van der Waals surface area contributed by atoms with Crippen LogP contribution < -0.4 is 10.5 Å². The van der Waals surface area contributed by atoms with Crippen molar-refractivity contribution in [3.05, 3.63) is 58.6 Å². The molecule has 0 heterocycles. The molecule has 2 rings (SSSR count). The van der Waals surface area contributed by atoms with E-state index in [0.717, 1.165) is 6.07 Å². The first-order chi connectivity index (χ1) is 8.56. The molecule has 0 bridgehead atoms. The zero-order valence-corrected chi connectivity index (χ0v) is 10.0. The third-order valence-electron chi connectivity index (χ3n) is 2.35. The van der Waals surface area contributed by atoms with Crippen LogP contribution in [0.3, 0.4) is 0 Å². The van der Waals surface area contributed by atoms with E-state index in [1.807, 2.05) is 0 Å². The molecule has 5 heteroatoms. The number of anilines is 1. The Kier molecular flexibility index (Phi) is 3.67. The minimum Gasteiger partial charge on any atom is -0.486 e. The number of ether oxygens (including phenoxy) is 1. The highest BCUT2D eigenvalue weighted by atomic mass is 35.5. The zero-order valence-electron chi connectivity index (χ0n) is 9.29. The second-order valence-electron chi connectivity index (χ2n) is 3.72. The first kappa shape index (κ1) is 12.6. The maximum atomic E-state index is 13.4. The van der Waals surface area contributed by atoms with Gasteiger partial charge in [0, 0.05) is 5.02 Å². The average molecular weight is 270 g/mol. The third kappa shape index (κ3) is 2.90. The smallest absolute Gasteiger partial charge is 0.166 e. The molecule has 2 N–H and O–H groups in total. The molecule has 0 amide bonds. The fourth-order valence-corrected chi connectivity index (χ4v) is 1.57. The Balaban J connectivity index is 2.09. The van der Waals surface area contributed by atoms with Crippen molar-refractivity contribution in [1.29, 1.82) is 0 Å². The van der Waals surface area contributed by atoms with Crippen LogP contribution in [0.2, 0.25) is 5.02 Å². The van der Waals surface area contributed by atoms with E-state index >= 15 is 0 Å². The summed E-state index contributed by atoms with van der Waals surface area (Å²) in [4.78, 5) is 0. The second-order valence-corrected chi connectivity index (χ2v) is 4.16. The van der Waals surface area contributed by atoms with Crippen molar-refractivity contribution in [1.82, 2.24) is 0 Å². The first-order valence-electron chi connectivity index (χ1n) is 5.18. The average Bonchev–Trinajstić information content (AvgIpc) is 2.32. The summed E-state index contributed by atoms with van der Waals surface area (Å²) in [6, 6.07) is 8.40. The van der Waals surface area contributed by atoms with Crippen LogP contribution >= 0.6 is 11.6 Å². The van der Waals surface area contributed by atoms with Crippen LogP contribution in [0.15, 0.2) is 36.4 Å². The van der Waals surface area contributed by atoms with Gasteiger partial charge in [0.25, 0.3) is 0 Å². The lowest BCUT2D eigenvalue weighted by Crippen LogP contribution is -1.99. The lowest BCUT2D eigenvalue weighted by Gasteiger charge is -2.08. The van der Waals surface area contributed by atoms with Gasteiger partial charge in [-0.15, -0.1) is 0 Å². The normalized spacial score (nSPS) is 10.4. The van der Waals surface area contributed by atoms with E-state index in [9.17, 15) is 8.78 Å². The molecule has 0 saturated carbocycles. The second kappa shape index (κ2) is 5.23. The van der Waals surface area contributed by atoms with E-state index in [1.54, 1.807) is 6.07 Å². The quantitative estimate of drug-likeness (QED) is 0.861. The minimum atomic E-state index is -0.557. The van der Waals surface area contributed by atoms with Crippen LogP contribution in [0.25, 0.3) is 0 Å². The fraction of sp³-hybridized carbons (Fsp3) is 0.0769. The summed E-state index contributed by atoms with van der Waals surface area (Å²) in [6.45, 7) is 0.0513. The highest BCUT2D eigenvalue weighted by molar-refractivity contribution is 6.30. The molecule has 2 nitrogen and oxygen atoms in total. The van der Waals surface area contributed by atoms with Gasteiger partial charge >= 0.3 is 0 Å². The first-order valence-corrected chi connectivity index (χ1v) is 5.56. The Morgan fingerprint density at radius 2 is 1.83 bits per heavy atom. The summed E-state index contributed by atoms with van der Waals surface area (Å²) in [5.41, 5.74) is 5.98. The van der Waals surface area contributed by atoms with Gasteiger partial charge < -0.3 is 10.5 Å². The monoisotopic (exact) mass is 269 g/mol. The van der Waals surface area contributed by atoms with E-state index in [0.29, 0.717) is 10.6 Å². The summed E-state index contributed by atoms with van der Waals surface area (Å²) < 4.78 is 31.8. The molecule has 0 aliphatic rings. The van der Waals surface area contributed by atoms with Crippen molar-refractivity contribution in [3.8, 4) is 5.75 Å². The van der Waals surface area contributed by atoms with Crippen LogP contribution in [0.5, 0.6) is 5.75 Å². The van der Waals surface area contributed by atoms with Gasteiger partial charge in [-0.1, -0.05) is 17.7 Å². The number of nitrogen functional groups attached to an aromatic ring is 1. The highest BCUT2D eigenvalue weighted by Crippen LogP contribution is 2.22. The molecule has 0 radical (unpaired) electrons. The van der Waals surface area contributed by atoms with Crippen molar-refractivity contribution < 1.29 is 13.5 Å². The lowest BCUT2D eigenvalue weighted by molar-refractivity contribution is 0.290. The van der Waals surface area contributed by atoms with Crippen LogP contribution in [-0.4, -0.2) is 0 Å². The molecular formula is C13H10ClF2NO. The van der Waals surface area contributed by atoms with Crippen molar-refractivity contribution in [2.24, 2.45) is 0 Å². The standard InChI is InChI=1S/C13H10ClF2NO/c14-9-2-4-13(11(16)6-9)18-7-8-1-3-12(17)10(15)5-8/h1-6H,7,17H2. The predicted octanol–water partition coefficient (Wildman–Crippen LogP) is 3.78. The van der Waals surface area contributed by atoms with E-state index in [-0.39, 0.29) is 18.0 Å². The Morgan fingerprint density at radius 1 is 1.06 bits per heavy atom. The topological polar surface area (TPSA) is 35.2 Å². The van der Waals surface area contributed by atoms with Gasteiger partial charge in [-0.25, -0.2) is 8.78 Å². The highest BCUT2D eigenvalue weighted by Gasteiger charge is 2.05. The molecule has 0 saturated heterocycles. The van der Waals surface area contributed by atoms with Crippen molar-refractivity contribution in [2.45, 2.75) is 6.61 Å². The minimum absolute atomic E-state index is 0.0513. The maximum absolute atomic E-state index is 13.4. The van der Waals surface area contributed by atoms with Crippen molar-refractivity contribution in [2.75, 3.05) is 5.73 Å². The SMILES string of the molecule is Nc1ccc(COc2ccc(Cl)cc2F)cc1F. The van der Waals surface area contributed by atoms with E-state index in [4.69, 9.17) is 22.1 Å². The molecule has 0 aromatic heterocycles. The Hall–Kier alpha value is -1.81. The summed E-state index contributed by atoms with van der Waals surface area (Å²) in [5.74, 6) is -1.01. The molecule has 0 aliphatic carbocycles. The molecule has 18 heavy (non-hydrogen) atoms. The van der Waals surface area contributed by atoms with Gasteiger partial charge in [0.1, 0.15) is 12.4 Å². The molecular weight excluding hydrogens is 260 g/mol. The molecule has 0 atom stereocenters. The zero-order chi connectivity index (χ0) is 13.1. The van der Waals surface area contributed by atoms with Crippen LogP contribution in [0.1, 0.15) is 5.56 Å². The third-order valence-corrected chi connectivity index (χ3v) is 2.59.